The molecule has 1 unspecified atom stereocenters. The van der Waals surface area contributed by atoms with Crippen molar-refractivity contribution in [2.75, 3.05) is 39.3 Å². The molecule has 4 heteroatoms. The third kappa shape index (κ3) is 3.68. The average Bonchev–Trinajstić information content (AvgIpc) is 2.37. The molecule has 0 bridgehead atoms. The minimum absolute atomic E-state index is 0.381. The van der Waals surface area contributed by atoms with Crippen LogP contribution in [-0.4, -0.2) is 44.2 Å². The van der Waals surface area contributed by atoms with E-state index in [0.717, 1.165) is 37.7 Å². The van der Waals surface area contributed by atoms with Crippen LogP contribution in [0.1, 0.15) is 11.5 Å². The predicted molar refractivity (Wildman–Crippen MR) is 72.6 cm³/mol. The smallest absolute Gasteiger partial charge is 0.0408 e. The van der Waals surface area contributed by atoms with Gasteiger partial charge in [-0.2, -0.15) is 0 Å². The molecule has 1 saturated heterocycles. The first-order chi connectivity index (χ1) is 8.29. The molecule has 0 radical (unpaired) electrons. The van der Waals surface area contributed by atoms with E-state index in [1.807, 2.05) is 18.2 Å². The fourth-order valence-electron chi connectivity index (χ4n) is 2.28. The Balaban J connectivity index is 2.00. The molecule has 2 rings (SSSR count). The van der Waals surface area contributed by atoms with Crippen molar-refractivity contribution < 1.29 is 0 Å². The maximum Gasteiger partial charge on any atom is 0.0408 e. The molecule has 0 spiro atoms. The summed E-state index contributed by atoms with van der Waals surface area (Å²) in [5.41, 5.74) is 7.14. The van der Waals surface area contributed by atoms with Crippen molar-refractivity contribution in [3.05, 3.63) is 34.9 Å². The Hall–Kier alpha value is -0.610. The third-order valence-corrected chi connectivity index (χ3v) is 3.53. The van der Waals surface area contributed by atoms with Crippen molar-refractivity contribution in [3.63, 3.8) is 0 Å². The first-order valence-corrected chi connectivity index (χ1v) is 6.56. The van der Waals surface area contributed by atoms with Crippen LogP contribution >= 0.6 is 11.6 Å². The minimum atomic E-state index is 0.381. The van der Waals surface area contributed by atoms with Gasteiger partial charge in [0.25, 0.3) is 0 Å². The molecular weight excluding hydrogens is 234 g/mol. The Bertz CT molecular complexity index is 350. The monoisotopic (exact) mass is 253 g/mol. The number of piperazine rings is 1. The van der Waals surface area contributed by atoms with Gasteiger partial charge >= 0.3 is 0 Å². The summed E-state index contributed by atoms with van der Waals surface area (Å²) in [6, 6.07) is 8.05. The summed E-state index contributed by atoms with van der Waals surface area (Å²) in [4.78, 5) is 2.47. The predicted octanol–water partition coefficient (Wildman–Crippen LogP) is 1.29. The van der Waals surface area contributed by atoms with E-state index in [1.54, 1.807) is 0 Å². The summed E-state index contributed by atoms with van der Waals surface area (Å²) in [5.74, 6) is 0.381. The van der Waals surface area contributed by atoms with Gasteiger partial charge in [-0.1, -0.05) is 23.7 Å². The van der Waals surface area contributed by atoms with Gasteiger partial charge < -0.3 is 16.0 Å². The van der Waals surface area contributed by atoms with Crippen LogP contribution in [0.5, 0.6) is 0 Å². The first kappa shape index (κ1) is 12.8. The third-order valence-electron chi connectivity index (χ3n) is 3.29. The summed E-state index contributed by atoms with van der Waals surface area (Å²) in [6.07, 6.45) is 0. The summed E-state index contributed by atoms with van der Waals surface area (Å²) in [6.45, 7) is 6.07. The zero-order valence-corrected chi connectivity index (χ0v) is 10.8. The van der Waals surface area contributed by atoms with Crippen LogP contribution in [0.3, 0.4) is 0 Å². The largest absolute Gasteiger partial charge is 0.330 e. The van der Waals surface area contributed by atoms with Gasteiger partial charge in [-0.15, -0.1) is 0 Å². The first-order valence-electron chi connectivity index (χ1n) is 6.18. The van der Waals surface area contributed by atoms with Crippen molar-refractivity contribution in [2.45, 2.75) is 5.92 Å². The zero-order chi connectivity index (χ0) is 12.1. The lowest BCUT2D eigenvalue weighted by molar-refractivity contribution is 0.228. The Morgan fingerprint density at radius 2 is 2.12 bits per heavy atom. The standard InChI is InChI=1S/C13H20ClN3/c14-13-3-1-2-11(8-13)12(9-15)10-17-6-4-16-5-7-17/h1-3,8,12,16H,4-7,9-10,15H2. The van der Waals surface area contributed by atoms with Gasteiger partial charge in [-0.25, -0.2) is 0 Å². The second kappa shape index (κ2) is 6.36. The molecule has 0 saturated carbocycles. The molecule has 1 aliphatic heterocycles. The van der Waals surface area contributed by atoms with Crippen molar-refractivity contribution in [1.82, 2.24) is 10.2 Å². The van der Waals surface area contributed by atoms with E-state index < -0.39 is 0 Å². The number of rotatable bonds is 4. The molecule has 0 aromatic heterocycles. The lowest BCUT2D eigenvalue weighted by Gasteiger charge is -2.30. The minimum Gasteiger partial charge on any atom is -0.330 e. The van der Waals surface area contributed by atoms with Crippen LogP contribution in [0.25, 0.3) is 0 Å². The lowest BCUT2D eigenvalue weighted by Crippen LogP contribution is -2.45. The molecule has 1 heterocycles. The van der Waals surface area contributed by atoms with Crippen LogP contribution in [0, 0.1) is 0 Å². The number of nitrogens with one attached hydrogen (secondary N) is 1. The fourth-order valence-corrected chi connectivity index (χ4v) is 2.48. The SMILES string of the molecule is NCC(CN1CCNCC1)c1cccc(Cl)c1. The Kier molecular flexibility index (Phi) is 4.80. The second-order valence-electron chi connectivity index (χ2n) is 4.54. The molecular formula is C13H20ClN3. The molecule has 1 aromatic carbocycles. The van der Waals surface area contributed by atoms with E-state index in [-0.39, 0.29) is 0 Å². The van der Waals surface area contributed by atoms with E-state index in [2.05, 4.69) is 16.3 Å². The van der Waals surface area contributed by atoms with Crippen LogP contribution in [0.15, 0.2) is 24.3 Å². The van der Waals surface area contributed by atoms with E-state index in [9.17, 15) is 0 Å². The van der Waals surface area contributed by atoms with Crippen molar-refractivity contribution >= 4 is 11.6 Å². The van der Waals surface area contributed by atoms with E-state index in [1.165, 1.54) is 5.56 Å². The van der Waals surface area contributed by atoms with Crippen molar-refractivity contribution in [3.8, 4) is 0 Å². The van der Waals surface area contributed by atoms with Gasteiger partial charge in [0.1, 0.15) is 0 Å². The van der Waals surface area contributed by atoms with Crippen LogP contribution in [-0.2, 0) is 0 Å². The van der Waals surface area contributed by atoms with Gasteiger partial charge in [-0.3, -0.25) is 0 Å². The van der Waals surface area contributed by atoms with E-state index in [4.69, 9.17) is 17.3 Å². The van der Waals surface area contributed by atoms with Gasteiger partial charge in [-0.05, 0) is 17.7 Å². The lowest BCUT2D eigenvalue weighted by atomic mass is 9.98. The van der Waals surface area contributed by atoms with Crippen LogP contribution < -0.4 is 11.1 Å². The van der Waals surface area contributed by atoms with E-state index >= 15 is 0 Å². The maximum absolute atomic E-state index is 6.02. The second-order valence-corrected chi connectivity index (χ2v) is 4.97. The Labute approximate surface area is 108 Å². The molecule has 0 aliphatic carbocycles. The maximum atomic E-state index is 6.02. The molecule has 1 fully saturated rings. The average molecular weight is 254 g/mol. The van der Waals surface area contributed by atoms with Gasteiger partial charge in [0, 0.05) is 50.2 Å². The molecule has 0 amide bonds. The Morgan fingerprint density at radius 1 is 1.35 bits per heavy atom. The van der Waals surface area contributed by atoms with Crippen LogP contribution in [0.4, 0.5) is 0 Å². The number of hydrogen-bond acceptors (Lipinski definition) is 3. The molecule has 1 atom stereocenters. The Morgan fingerprint density at radius 3 is 2.76 bits per heavy atom. The highest BCUT2D eigenvalue weighted by atomic mass is 35.5. The molecule has 1 aromatic rings. The molecule has 94 valence electrons. The van der Waals surface area contributed by atoms with Gasteiger partial charge in [0.2, 0.25) is 0 Å². The molecule has 3 nitrogen and oxygen atoms in total. The number of benzene rings is 1. The summed E-state index contributed by atoms with van der Waals surface area (Å²) < 4.78 is 0. The van der Waals surface area contributed by atoms with Crippen LogP contribution in [0.2, 0.25) is 5.02 Å². The number of halogens is 1. The molecule has 1 aliphatic rings. The van der Waals surface area contributed by atoms with E-state index in [0.29, 0.717) is 12.5 Å². The summed E-state index contributed by atoms with van der Waals surface area (Å²) >= 11 is 6.02. The van der Waals surface area contributed by atoms with Gasteiger partial charge in [0.05, 0.1) is 0 Å². The highest BCUT2D eigenvalue weighted by Crippen LogP contribution is 2.20. The molecule has 17 heavy (non-hydrogen) atoms. The fraction of sp³-hybridized carbons (Fsp3) is 0.538. The quantitative estimate of drug-likeness (QED) is 0.850. The topological polar surface area (TPSA) is 41.3 Å². The van der Waals surface area contributed by atoms with Crippen molar-refractivity contribution in [2.24, 2.45) is 5.73 Å². The number of nitrogens with zero attached hydrogens (tertiary/aromatic N) is 1. The molecule has 3 N–H and O–H groups in total. The normalized spacial score (nSPS) is 19.2. The number of hydrogen-bond donors (Lipinski definition) is 2. The number of nitrogens with two attached hydrogens (primary N) is 1. The zero-order valence-electron chi connectivity index (χ0n) is 10.0. The van der Waals surface area contributed by atoms with Gasteiger partial charge in [0.15, 0.2) is 0 Å². The highest BCUT2D eigenvalue weighted by molar-refractivity contribution is 6.30. The summed E-state index contributed by atoms with van der Waals surface area (Å²) in [7, 11) is 0. The summed E-state index contributed by atoms with van der Waals surface area (Å²) in [5, 5.41) is 4.15. The highest BCUT2D eigenvalue weighted by Gasteiger charge is 2.16. The van der Waals surface area contributed by atoms with Crippen molar-refractivity contribution in [1.29, 1.82) is 0 Å².